The van der Waals surface area contributed by atoms with E-state index in [2.05, 4.69) is 49.0 Å². The predicted molar refractivity (Wildman–Crippen MR) is 90.1 cm³/mol. The highest BCUT2D eigenvalue weighted by molar-refractivity contribution is 6.30. The molecule has 0 atom stereocenters. The minimum atomic E-state index is 0.614. The van der Waals surface area contributed by atoms with Crippen molar-refractivity contribution in [3.8, 4) is 0 Å². The van der Waals surface area contributed by atoms with Crippen LogP contribution in [-0.2, 0) is 13.0 Å². The van der Waals surface area contributed by atoms with Crippen LogP contribution in [0, 0.1) is 5.92 Å². The zero-order valence-corrected chi connectivity index (χ0v) is 13.8. The van der Waals surface area contributed by atoms with Crippen LogP contribution >= 0.6 is 11.6 Å². The van der Waals surface area contributed by atoms with Crippen molar-refractivity contribution in [3.63, 3.8) is 0 Å². The van der Waals surface area contributed by atoms with Gasteiger partial charge in [-0.25, -0.2) is 4.68 Å². The Bertz CT molecular complexity index is 558. The monoisotopic (exact) mass is 305 g/mol. The lowest BCUT2D eigenvalue weighted by molar-refractivity contribution is 0.609. The van der Waals surface area contributed by atoms with Crippen molar-refractivity contribution in [1.82, 2.24) is 9.78 Å². The van der Waals surface area contributed by atoms with Crippen LogP contribution in [-0.4, -0.2) is 16.3 Å². The summed E-state index contributed by atoms with van der Waals surface area (Å²) in [6.07, 6.45) is 2.11. The summed E-state index contributed by atoms with van der Waals surface area (Å²) < 4.78 is 2.05. The van der Waals surface area contributed by atoms with E-state index < -0.39 is 0 Å². The molecule has 0 radical (unpaired) electrons. The summed E-state index contributed by atoms with van der Waals surface area (Å²) in [4.78, 5) is 0. The number of nitrogens with zero attached hydrogens (tertiary/aromatic N) is 2. The highest BCUT2D eigenvalue weighted by Crippen LogP contribution is 2.17. The lowest BCUT2D eigenvalue weighted by atomic mass is 10.1. The smallest absolute Gasteiger partial charge is 0.124 e. The molecule has 0 aliphatic heterocycles. The summed E-state index contributed by atoms with van der Waals surface area (Å²) in [5.74, 6) is 1.71. The average molecular weight is 306 g/mol. The van der Waals surface area contributed by atoms with Gasteiger partial charge in [0, 0.05) is 17.6 Å². The molecule has 4 heteroatoms. The quantitative estimate of drug-likeness (QED) is 0.810. The summed E-state index contributed by atoms with van der Waals surface area (Å²) in [5.41, 5.74) is 2.36. The van der Waals surface area contributed by atoms with E-state index in [-0.39, 0.29) is 0 Å². The third kappa shape index (κ3) is 4.78. The molecule has 1 heterocycles. The molecule has 3 nitrogen and oxygen atoms in total. The van der Waals surface area contributed by atoms with Crippen LogP contribution in [0.1, 0.15) is 38.4 Å². The molecular weight excluding hydrogens is 282 g/mol. The summed E-state index contributed by atoms with van der Waals surface area (Å²) >= 11 is 5.94. The van der Waals surface area contributed by atoms with Gasteiger partial charge in [-0.05, 0) is 36.5 Å². The number of rotatable bonds is 7. The minimum absolute atomic E-state index is 0.614. The van der Waals surface area contributed by atoms with Gasteiger partial charge >= 0.3 is 0 Å². The Labute approximate surface area is 132 Å². The fraction of sp³-hybridized carbons (Fsp3) is 0.471. The Morgan fingerprint density at radius 1 is 1.24 bits per heavy atom. The van der Waals surface area contributed by atoms with Gasteiger partial charge in [-0.1, -0.05) is 44.5 Å². The minimum Gasteiger partial charge on any atom is -0.370 e. The maximum atomic E-state index is 5.94. The maximum absolute atomic E-state index is 5.94. The molecule has 2 rings (SSSR count). The SMILES string of the molecule is CCCNc1cc(CC(C)C)nn1Cc1ccc(Cl)cc1. The largest absolute Gasteiger partial charge is 0.370 e. The number of halogens is 1. The van der Waals surface area contributed by atoms with E-state index in [0.717, 1.165) is 42.5 Å². The van der Waals surface area contributed by atoms with Crippen molar-refractivity contribution in [3.05, 3.63) is 46.6 Å². The van der Waals surface area contributed by atoms with Crippen LogP contribution in [0.3, 0.4) is 0 Å². The molecule has 0 fully saturated rings. The van der Waals surface area contributed by atoms with Crippen LogP contribution in [0.15, 0.2) is 30.3 Å². The number of hydrogen-bond acceptors (Lipinski definition) is 2. The molecule has 0 amide bonds. The van der Waals surface area contributed by atoms with E-state index in [1.165, 1.54) is 5.56 Å². The van der Waals surface area contributed by atoms with Crippen LogP contribution in [0.2, 0.25) is 5.02 Å². The van der Waals surface area contributed by atoms with E-state index in [1.807, 2.05) is 12.1 Å². The van der Waals surface area contributed by atoms with Crippen molar-refractivity contribution in [2.75, 3.05) is 11.9 Å². The number of benzene rings is 1. The van der Waals surface area contributed by atoms with Gasteiger partial charge in [-0.3, -0.25) is 0 Å². The molecule has 0 bridgehead atoms. The Hall–Kier alpha value is -1.48. The van der Waals surface area contributed by atoms with Crippen molar-refractivity contribution in [2.24, 2.45) is 5.92 Å². The number of hydrogen-bond donors (Lipinski definition) is 1. The molecule has 2 aromatic rings. The molecule has 21 heavy (non-hydrogen) atoms. The molecule has 0 aliphatic rings. The molecule has 1 aromatic heterocycles. The lowest BCUT2D eigenvalue weighted by Crippen LogP contribution is -2.09. The second kappa shape index (κ2) is 7.51. The first-order valence-electron chi connectivity index (χ1n) is 7.63. The second-order valence-electron chi connectivity index (χ2n) is 5.83. The number of anilines is 1. The summed E-state index contributed by atoms with van der Waals surface area (Å²) in [5, 5.41) is 8.97. The van der Waals surface area contributed by atoms with Gasteiger partial charge in [0.2, 0.25) is 0 Å². The lowest BCUT2D eigenvalue weighted by Gasteiger charge is -2.09. The zero-order chi connectivity index (χ0) is 15.2. The fourth-order valence-corrected chi connectivity index (χ4v) is 2.39. The van der Waals surface area contributed by atoms with Crippen LogP contribution in [0.4, 0.5) is 5.82 Å². The molecule has 0 spiro atoms. The number of nitrogens with one attached hydrogen (secondary N) is 1. The Morgan fingerprint density at radius 2 is 1.95 bits per heavy atom. The van der Waals surface area contributed by atoms with Crippen molar-refractivity contribution in [2.45, 2.75) is 40.2 Å². The van der Waals surface area contributed by atoms with Gasteiger partial charge in [-0.2, -0.15) is 5.10 Å². The van der Waals surface area contributed by atoms with Crippen LogP contribution in [0.25, 0.3) is 0 Å². The maximum Gasteiger partial charge on any atom is 0.124 e. The molecule has 1 N–H and O–H groups in total. The summed E-state index contributed by atoms with van der Waals surface area (Å²) in [7, 11) is 0. The molecule has 0 unspecified atom stereocenters. The van der Waals surface area contributed by atoms with Crippen molar-refractivity contribution < 1.29 is 0 Å². The first kappa shape index (κ1) is 15.9. The third-order valence-electron chi connectivity index (χ3n) is 3.25. The normalized spacial score (nSPS) is 11.1. The van der Waals surface area contributed by atoms with E-state index in [9.17, 15) is 0 Å². The topological polar surface area (TPSA) is 29.9 Å². The summed E-state index contributed by atoms with van der Waals surface area (Å²) in [6, 6.07) is 10.1. The van der Waals surface area contributed by atoms with Gasteiger partial charge < -0.3 is 5.32 Å². The van der Waals surface area contributed by atoms with Crippen molar-refractivity contribution >= 4 is 17.4 Å². The molecule has 1 aromatic carbocycles. The predicted octanol–water partition coefficient (Wildman–Crippen LogP) is 4.61. The van der Waals surface area contributed by atoms with Gasteiger partial charge in [0.05, 0.1) is 12.2 Å². The first-order valence-corrected chi connectivity index (χ1v) is 8.01. The molecule has 114 valence electrons. The van der Waals surface area contributed by atoms with Crippen LogP contribution in [0.5, 0.6) is 0 Å². The van der Waals surface area contributed by atoms with Gasteiger partial charge in [0.15, 0.2) is 0 Å². The summed E-state index contributed by atoms with van der Waals surface area (Å²) in [6.45, 7) is 8.34. The van der Waals surface area contributed by atoms with Crippen LogP contribution < -0.4 is 5.32 Å². The van der Waals surface area contributed by atoms with Crippen molar-refractivity contribution in [1.29, 1.82) is 0 Å². The Balaban J connectivity index is 2.18. The number of aromatic nitrogens is 2. The standard InChI is InChI=1S/C17H24ClN3/c1-4-9-19-17-11-16(10-13(2)3)20-21(17)12-14-5-7-15(18)8-6-14/h5-8,11,13,19H,4,9-10,12H2,1-3H3. The first-order chi connectivity index (χ1) is 10.1. The highest BCUT2D eigenvalue weighted by Gasteiger charge is 2.09. The fourth-order valence-electron chi connectivity index (χ4n) is 2.27. The van der Waals surface area contributed by atoms with Gasteiger partial charge in [0.1, 0.15) is 5.82 Å². The molecular formula is C17H24ClN3. The van der Waals surface area contributed by atoms with E-state index in [0.29, 0.717) is 5.92 Å². The molecule has 0 saturated heterocycles. The Morgan fingerprint density at radius 3 is 2.57 bits per heavy atom. The van der Waals surface area contributed by atoms with E-state index in [4.69, 9.17) is 16.7 Å². The second-order valence-corrected chi connectivity index (χ2v) is 6.27. The molecule has 0 saturated carbocycles. The third-order valence-corrected chi connectivity index (χ3v) is 3.50. The van der Waals surface area contributed by atoms with Gasteiger partial charge in [0.25, 0.3) is 0 Å². The van der Waals surface area contributed by atoms with Gasteiger partial charge in [-0.15, -0.1) is 0 Å². The van der Waals surface area contributed by atoms with E-state index in [1.54, 1.807) is 0 Å². The average Bonchev–Trinajstić information content (AvgIpc) is 2.80. The Kier molecular flexibility index (Phi) is 5.68. The zero-order valence-electron chi connectivity index (χ0n) is 13.1. The highest BCUT2D eigenvalue weighted by atomic mass is 35.5. The molecule has 0 aliphatic carbocycles. The van der Waals surface area contributed by atoms with E-state index >= 15 is 0 Å².